The first-order valence-electron chi connectivity index (χ1n) is 5.52. The quantitative estimate of drug-likeness (QED) is 0.756. The zero-order valence-corrected chi connectivity index (χ0v) is 9.33. The van der Waals surface area contributed by atoms with E-state index in [1.165, 1.54) is 6.20 Å². The molecular weight excluding hydrogens is 242 g/mol. The minimum absolute atomic E-state index is 0.148. The number of carbonyl (C=O) groups is 1. The van der Waals surface area contributed by atoms with E-state index in [2.05, 4.69) is 9.97 Å². The van der Waals surface area contributed by atoms with Gasteiger partial charge in [0, 0.05) is 18.6 Å². The van der Waals surface area contributed by atoms with Crippen LogP contribution >= 0.6 is 0 Å². The molecule has 0 bridgehead atoms. The van der Waals surface area contributed by atoms with Crippen molar-refractivity contribution in [2.75, 3.05) is 13.1 Å². The summed E-state index contributed by atoms with van der Waals surface area (Å²) in [6.45, 7) is -0.442. The Morgan fingerprint density at radius 2 is 2.06 bits per heavy atom. The predicted octanol–water partition coefficient (Wildman–Crippen LogP) is 0.861. The Bertz CT molecular complexity index is 556. The van der Waals surface area contributed by atoms with Gasteiger partial charge in [-0.3, -0.25) is 9.20 Å². The lowest BCUT2D eigenvalue weighted by atomic mass is 10.3. The van der Waals surface area contributed by atoms with Gasteiger partial charge in [0.15, 0.2) is 12.3 Å². The second-order valence-electron chi connectivity index (χ2n) is 4.20. The molecule has 1 fully saturated rings. The molecule has 1 amide bonds. The van der Waals surface area contributed by atoms with Crippen LogP contribution in [0.15, 0.2) is 24.7 Å². The zero-order chi connectivity index (χ0) is 12.7. The van der Waals surface area contributed by atoms with E-state index in [4.69, 9.17) is 0 Å². The van der Waals surface area contributed by atoms with E-state index in [1.807, 2.05) is 0 Å². The van der Waals surface area contributed by atoms with Crippen LogP contribution in [0.2, 0.25) is 0 Å². The number of rotatable bonds is 1. The molecule has 7 heteroatoms. The number of hydrogen-bond acceptors (Lipinski definition) is 3. The molecule has 2 aromatic rings. The summed E-state index contributed by atoms with van der Waals surface area (Å²) in [5.74, 6) is -0.0862. The molecule has 0 aromatic carbocycles. The van der Waals surface area contributed by atoms with E-state index in [-0.39, 0.29) is 18.8 Å². The number of nitrogens with zero attached hydrogens (tertiary/aromatic N) is 4. The highest BCUT2D eigenvalue weighted by Gasteiger charge is 2.36. The van der Waals surface area contributed by atoms with Gasteiger partial charge in [-0.05, 0) is 6.07 Å². The Labute approximate surface area is 101 Å². The van der Waals surface area contributed by atoms with Gasteiger partial charge in [0.1, 0.15) is 5.69 Å². The molecule has 0 aliphatic carbocycles. The van der Waals surface area contributed by atoms with Crippen molar-refractivity contribution in [3.05, 3.63) is 30.4 Å². The van der Waals surface area contributed by atoms with Gasteiger partial charge < -0.3 is 4.90 Å². The maximum Gasteiger partial charge on any atom is 0.274 e. The topological polar surface area (TPSA) is 50.5 Å². The van der Waals surface area contributed by atoms with Gasteiger partial charge in [-0.2, -0.15) is 0 Å². The molecule has 0 saturated carbocycles. The van der Waals surface area contributed by atoms with Gasteiger partial charge in [-0.1, -0.05) is 0 Å². The molecule has 3 heterocycles. The third kappa shape index (κ3) is 1.71. The molecule has 94 valence electrons. The number of fused-ring (bicyclic) bond motifs is 1. The lowest BCUT2D eigenvalue weighted by Crippen LogP contribution is -2.29. The fourth-order valence-corrected chi connectivity index (χ4v) is 1.99. The maximum absolute atomic E-state index is 13.0. The van der Waals surface area contributed by atoms with E-state index >= 15 is 0 Å². The van der Waals surface area contributed by atoms with Crippen molar-refractivity contribution in [3.63, 3.8) is 0 Å². The summed E-state index contributed by atoms with van der Waals surface area (Å²) in [6, 6.07) is 1.70. The van der Waals surface area contributed by atoms with Crippen molar-refractivity contribution in [1.82, 2.24) is 19.3 Å². The van der Waals surface area contributed by atoms with Crippen molar-refractivity contribution in [3.8, 4) is 0 Å². The standard InChI is InChI=1S/C11H10F2N4O/c12-7-4-17(5-8(7)13)10(18)9-6-16-3-1-2-14-11(16)15-9/h1-3,6-8H,4-5H2/t7-,8+. The molecule has 0 radical (unpaired) electrons. The van der Waals surface area contributed by atoms with Crippen LogP contribution in [0.4, 0.5) is 8.78 Å². The van der Waals surface area contributed by atoms with Crippen molar-refractivity contribution in [2.45, 2.75) is 12.3 Å². The normalized spacial score (nSPS) is 23.8. The minimum Gasteiger partial charge on any atom is -0.331 e. The SMILES string of the molecule is O=C(c1cn2cccnc2n1)N1C[C@@H](F)[C@@H](F)C1. The van der Waals surface area contributed by atoms with Gasteiger partial charge >= 0.3 is 0 Å². The van der Waals surface area contributed by atoms with Gasteiger partial charge in [-0.15, -0.1) is 0 Å². The lowest BCUT2D eigenvalue weighted by Gasteiger charge is -2.12. The number of imidazole rings is 1. The average Bonchev–Trinajstić information content (AvgIpc) is 2.93. The second-order valence-corrected chi connectivity index (χ2v) is 4.20. The third-order valence-electron chi connectivity index (χ3n) is 2.92. The van der Waals surface area contributed by atoms with E-state index < -0.39 is 18.3 Å². The Hall–Kier alpha value is -2.05. The van der Waals surface area contributed by atoms with Crippen molar-refractivity contribution in [2.24, 2.45) is 0 Å². The van der Waals surface area contributed by atoms with Crippen LogP contribution in [0.5, 0.6) is 0 Å². The summed E-state index contributed by atoms with van der Waals surface area (Å²) >= 11 is 0. The van der Waals surface area contributed by atoms with Crippen molar-refractivity contribution < 1.29 is 13.6 Å². The Kier molecular flexibility index (Phi) is 2.46. The maximum atomic E-state index is 13.0. The molecule has 0 N–H and O–H groups in total. The number of alkyl halides is 2. The summed E-state index contributed by atoms with van der Waals surface area (Å²) in [5, 5.41) is 0. The molecule has 1 aliphatic heterocycles. The Morgan fingerprint density at radius 1 is 1.33 bits per heavy atom. The highest BCUT2D eigenvalue weighted by molar-refractivity contribution is 5.93. The van der Waals surface area contributed by atoms with Gasteiger partial charge in [-0.25, -0.2) is 18.7 Å². The monoisotopic (exact) mass is 252 g/mol. The number of aromatic nitrogens is 3. The van der Waals surface area contributed by atoms with Crippen LogP contribution in [0.1, 0.15) is 10.5 Å². The summed E-state index contributed by atoms with van der Waals surface area (Å²) in [6.07, 6.45) is 1.55. The molecule has 18 heavy (non-hydrogen) atoms. The smallest absolute Gasteiger partial charge is 0.274 e. The molecule has 1 aliphatic rings. The molecule has 2 atom stereocenters. The van der Waals surface area contributed by atoms with Crippen LogP contribution in [0.25, 0.3) is 5.78 Å². The summed E-state index contributed by atoms with van der Waals surface area (Å²) in [5.41, 5.74) is 0.148. The number of likely N-dealkylation sites (tertiary alicyclic amines) is 1. The fourth-order valence-electron chi connectivity index (χ4n) is 1.99. The molecule has 0 unspecified atom stereocenters. The summed E-state index contributed by atoms with van der Waals surface area (Å²) in [7, 11) is 0. The largest absolute Gasteiger partial charge is 0.331 e. The lowest BCUT2D eigenvalue weighted by molar-refractivity contribution is 0.0773. The molecule has 1 saturated heterocycles. The summed E-state index contributed by atoms with van der Waals surface area (Å²) < 4.78 is 27.7. The van der Waals surface area contributed by atoms with E-state index in [9.17, 15) is 13.6 Å². The van der Waals surface area contributed by atoms with Crippen LogP contribution in [0.3, 0.4) is 0 Å². The molecule has 5 nitrogen and oxygen atoms in total. The molecule has 3 rings (SSSR count). The number of amides is 1. The average molecular weight is 252 g/mol. The molecular formula is C11H10F2N4O. The summed E-state index contributed by atoms with van der Waals surface area (Å²) in [4.78, 5) is 21.1. The highest BCUT2D eigenvalue weighted by atomic mass is 19.2. The number of carbonyl (C=O) groups excluding carboxylic acids is 1. The van der Waals surface area contributed by atoms with E-state index in [0.717, 1.165) is 4.90 Å². The van der Waals surface area contributed by atoms with Crippen LogP contribution in [-0.2, 0) is 0 Å². The first-order chi connectivity index (χ1) is 8.65. The molecule has 2 aromatic heterocycles. The number of halogens is 2. The Morgan fingerprint density at radius 3 is 2.72 bits per heavy atom. The first-order valence-corrected chi connectivity index (χ1v) is 5.52. The van der Waals surface area contributed by atoms with Crippen LogP contribution < -0.4 is 0 Å². The Balaban J connectivity index is 1.88. The molecule has 0 spiro atoms. The van der Waals surface area contributed by atoms with Gasteiger partial charge in [0.25, 0.3) is 5.91 Å². The van der Waals surface area contributed by atoms with Crippen molar-refractivity contribution in [1.29, 1.82) is 0 Å². The van der Waals surface area contributed by atoms with Crippen LogP contribution in [-0.4, -0.2) is 50.6 Å². The highest BCUT2D eigenvalue weighted by Crippen LogP contribution is 2.18. The van der Waals surface area contributed by atoms with E-state index in [0.29, 0.717) is 5.78 Å². The van der Waals surface area contributed by atoms with E-state index in [1.54, 1.807) is 22.9 Å². The third-order valence-corrected chi connectivity index (χ3v) is 2.92. The van der Waals surface area contributed by atoms with Gasteiger partial charge in [0.2, 0.25) is 5.78 Å². The zero-order valence-electron chi connectivity index (χ0n) is 9.33. The minimum atomic E-state index is -1.61. The predicted molar refractivity (Wildman–Crippen MR) is 58.7 cm³/mol. The fraction of sp³-hybridized carbons (Fsp3) is 0.364. The van der Waals surface area contributed by atoms with Crippen LogP contribution in [0, 0.1) is 0 Å². The van der Waals surface area contributed by atoms with Crippen molar-refractivity contribution >= 4 is 11.7 Å². The number of hydrogen-bond donors (Lipinski definition) is 0. The van der Waals surface area contributed by atoms with Gasteiger partial charge in [0.05, 0.1) is 13.1 Å². The second kappa shape index (κ2) is 4.01. The first kappa shape index (κ1) is 11.1.